The molecule has 0 saturated carbocycles. The first-order valence-corrected chi connectivity index (χ1v) is 6.67. The van der Waals surface area contributed by atoms with Crippen molar-refractivity contribution in [2.75, 3.05) is 11.9 Å². The van der Waals surface area contributed by atoms with Crippen molar-refractivity contribution in [1.29, 1.82) is 0 Å². The molecule has 1 atom stereocenters. The summed E-state index contributed by atoms with van der Waals surface area (Å²) in [5, 5.41) is 6.02. The highest BCUT2D eigenvalue weighted by Crippen LogP contribution is 2.15. The van der Waals surface area contributed by atoms with Gasteiger partial charge in [-0.15, -0.1) is 0 Å². The summed E-state index contributed by atoms with van der Waals surface area (Å²) >= 11 is 0. The third kappa shape index (κ3) is 3.38. The van der Waals surface area contributed by atoms with Gasteiger partial charge in [0.1, 0.15) is 11.6 Å². The van der Waals surface area contributed by atoms with E-state index in [4.69, 9.17) is 4.42 Å². The fourth-order valence-corrected chi connectivity index (χ4v) is 1.96. The van der Waals surface area contributed by atoms with Gasteiger partial charge in [0.2, 0.25) is 0 Å². The molecule has 0 aromatic carbocycles. The summed E-state index contributed by atoms with van der Waals surface area (Å²) in [6.07, 6.45) is 1.60. The van der Waals surface area contributed by atoms with E-state index in [0.717, 1.165) is 18.0 Å². The maximum absolute atomic E-state index is 12.3. The lowest BCUT2D eigenvalue weighted by Crippen LogP contribution is -2.26. The highest BCUT2D eigenvalue weighted by Gasteiger charge is 2.14. The molecule has 5 heteroatoms. The molecule has 1 unspecified atom stereocenters. The van der Waals surface area contributed by atoms with Crippen LogP contribution in [0, 0.1) is 6.92 Å². The van der Waals surface area contributed by atoms with Gasteiger partial charge in [-0.3, -0.25) is 4.79 Å². The quantitative estimate of drug-likeness (QED) is 0.879. The molecule has 5 nitrogen and oxygen atoms in total. The van der Waals surface area contributed by atoms with E-state index in [9.17, 15) is 4.79 Å². The maximum Gasteiger partial charge on any atom is 0.252 e. The lowest BCUT2D eigenvalue weighted by Gasteiger charge is -2.12. The van der Waals surface area contributed by atoms with Gasteiger partial charge in [0.15, 0.2) is 0 Å². The first-order valence-electron chi connectivity index (χ1n) is 6.67. The third-order valence-electron chi connectivity index (χ3n) is 2.89. The number of amides is 1. The van der Waals surface area contributed by atoms with Gasteiger partial charge < -0.3 is 15.1 Å². The smallest absolute Gasteiger partial charge is 0.252 e. The number of pyridine rings is 1. The van der Waals surface area contributed by atoms with E-state index in [1.165, 1.54) is 0 Å². The van der Waals surface area contributed by atoms with Crippen molar-refractivity contribution in [3.63, 3.8) is 0 Å². The second kappa shape index (κ2) is 6.23. The monoisotopic (exact) mass is 273 g/mol. The molecule has 0 saturated heterocycles. The van der Waals surface area contributed by atoms with E-state index in [1.54, 1.807) is 24.5 Å². The minimum atomic E-state index is -0.173. The molecule has 2 N–H and O–H groups in total. The van der Waals surface area contributed by atoms with Crippen LogP contribution in [0.15, 0.2) is 34.9 Å². The summed E-state index contributed by atoms with van der Waals surface area (Å²) in [5.74, 6) is 1.30. The molecule has 0 aliphatic heterocycles. The van der Waals surface area contributed by atoms with Gasteiger partial charge in [0.05, 0.1) is 12.3 Å². The minimum absolute atomic E-state index is 0.140. The van der Waals surface area contributed by atoms with Crippen LogP contribution >= 0.6 is 0 Å². The molecular weight excluding hydrogens is 254 g/mol. The summed E-state index contributed by atoms with van der Waals surface area (Å²) in [4.78, 5) is 16.6. The fraction of sp³-hybridized carbons (Fsp3) is 0.333. The van der Waals surface area contributed by atoms with Crippen LogP contribution in [0.2, 0.25) is 0 Å². The van der Waals surface area contributed by atoms with Gasteiger partial charge in [-0.25, -0.2) is 4.98 Å². The number of hydrogen-bond donors (Lipinski definition) is 2. The molecule has 2 aromatic rings. The van der Waals surface area contributed by atoms with Crippen LogP contribution < -0.4 is 10.6 Å². The number of carbonyl (C=O) groups is 1. The fourth-order valence-electron chi connectivity index (χ4n) is 1.96. The second-order valence-electron chi connectivity index (χ2n) is 4.62. The molecule has 0 aliphatic rings. The molecule has 0 fully saturated rings. The normalized spacial score (nSPS) is 11.9. The molecule has 2 rings (SSSR count). The Bertz CT molecular complexity index is 579. The zero-order chi connectivity index (χ0) is 14.5. The van der Waals surface area contributed by atoms with Gasteiger partial charge in [0.25, 0.3) is 5.91 Å². The number of aromatic nitrogens is 1. The first kappa shape index (κ1) is 14.1. The van der Waals surface area contributed by atoms with E-state index in [-0.39, 0.29) is 11.9 Å². The van der Waals surface area contributed by atoms with Gasteiger partial charge in [-0.05, 0) is 45.0 Å². The van der Waals surface area contributed by atoms with Crippen molar-refractivity contribution >= 4 is 11.7 Å². The predicted octanol–water partition coefficient (Wildman–Crippen LogP) is 2.91. The zero-order valence-corrected chi connectivity index (χ0v) is 11.9. The van der Waals surface area contributed by atoms with Crippen LogP contribution in [0.4, 0.5) is 5.82 Å². The molecule has 0 aliphatic carbocycles. The molecule has 1 amide bonds. The van der Waals surface area contributed by atoms with Gasteiger partial charge in [-0.2, -0.15) is 0 Å². The lowest BCUT2D eigenvalue weighted by molar-refractivity contribution is 0.0935. The average molecular weight is 273 g/mol. The van der Waals surface area contributed by atoms with Crippen molar-refractivity contribution in [1.82, 2.24) is 10.3 Å². The Morgan fingerprint density at radius 2 is 2.25 bits per heavy atom. The maximum atomic E-state index is 12.3. The van der Waals surface area contributed by atoms with Crippen molar-refractivity contribution in [3.05, 3.63) is 47.5 Å². The number of anilines is 1. The number of nitrogens with zero attached hydrogens (tertiary/aromatic N) is 1. The highest BCUT2D eigenvalue weighted by atomic mass is 16.3. The average Bonchev–Trinajstić information content (AvgIpc) is 2.92. The van der Waals surface area contributed by atoms with Crippen LogP contribution in [0.25, 0.3) is 0 Å². The number of rotatable bonds is 5. The summed E-state index contributed by atoms with van der Waals surface area (Å²) in [6, 6.07) is 6.99. The Labute approximate surface area is 118 Å². The van der Waals surface area contributed by atoms with Crippen molar-refractivity contribution < 1.29 is 9.21 Å². The number of furan rings is 1. The van der Waals surface area contributed by atoms with Crippen LogP contribution in [0.3, 0.4) is 0 Å². The minimum Gasteiger partial charge on any atom is -0.467 e. The van der Waals surface area contributed by atoms with E-state index in [0.29, 0.717) is 11.4 Å². The van der Waals surface area contributed by atoms with Crippen molar-refractivity contribution in [2.45, 2.75) is 26.8 Å². The molecule has 2 aromatic heterocycles. The zero-order valence-electron chi connectivity index (χ0n) is 11.9. The van der Waals surface area contributed by atoms with E-state index < -0.39 is 0 Å². The second-order valence-corrected chi connectivity index (χ2v) is 4.62. The van der Waals surface area contributed by atoms with E-state index >= 15 is 0 Å². The summed E-state index contributed by atoms with van der Waals surface area (Å²) in [7, 11) is 0. The molecule has 20 heavy (non-hydrogen) atoms. The van der Waals surface area contributed by atoms with Crippen LogP contribution in [-0.4, -0.2) is 17.4 Å². The summed E-state index contributed by atoms with van der Waals surface area (Å²) < 4.78 is 5.28. The SMILES string of the molecule is CCNc1cc(C(=O)NC(C)c2ccco2)cc(C)n1. The number of hydrogen-bond acceptors (Lipinski definition) is 4. The molecule has 0 bridgehead atoms. The van der Waals surface area contributed by atoms with E-state index in [2.05, 4.69) is 15.6 Å². The molecule has 0 radical (unpaired) electrons. The topological polar surface area (TPSA) is 67.2 Å². The van der Waals surface area contributed by atoms with Crippen LogP contribution in [-0.2, 0) is 0 Å². The number of aryl methyl sites for hydroxylation is 1. The number of carbonyl (C=O) groups excluding carboxylic acids is 1. The van der Waals surface area contributed by atoms with Crippen LogP contribution in [0.5, 0.6) is 0 Å². The largest absolute Gasteiger partial charge is 0.467 e. The molecule has 2 heterocycles. The standard InChI is InChI=1S/C15H19N3O2/c1-4-16-14-9-12(8-10(2)17-14)15(19)18-11(3)13-6-5-7-20-13/h5-9,11H,4H2,1-3H3,(H,16,17)(H,18,19). The van der Waals surface area contributed by atoms with Crippen molar-refractivity contribution in [3.8, 4) is 0 Å². The van der Waals surface area contributed by atoms with E-state index in [1.807, 2.05) is 26.8 Å². The number of nitrogens with one attached hydrogen (secondary N) is 2. The Morgan fingerprint density at radius 1 is 1.45 bits per heavy atom. The van der Waals surface area contributed by atoms with Crippen LogP contribution in [0.1, 0.15) is 41.7 Å². The van der Waals surface area contributed by atoms with Gasteiger partial charge >= 0.3 is 0 Å². The Hall–Kier alpha value is -2.30. The first-order chi connectivity index (χ1) is 9.60. The van der Waals surface area contributed by atoms with Crippen molar-refractivity contribution in [2.24, 2.45) is 0 Å². The molecular formula is C15H19N3O2. The van der Waals surface area contributed by atoms with Gasteiger partial charge in [-0.1, -0.05) is 0 Å². The predicted molar refractivity (Wildman–Crippen MR) is 77.7 cm³/mol. The highest BCUT2D eigenvalue weighted by molar-refractivity contribution is 5.95. The Kier molecular flexibility index (Phi) is 4.40. The van der Waals surface area contributed by atoms with Gasteiger partial charge in [0, 0.05) is 17.8 Å². The lowest BCUT2D eigenvalue weighted by atomic mass is 10.2. The third-order valence-corrected chi connectivity index (χ3v) is 2.89. The summed E-state index contributed by atoms with van der Waals surface area (Å²) in [5.41, 5.74) is 1.39. The summed E-state index contributed by atoms with van der Waals surface area (Å²) in [6.45, 7) is 6.51. The Morgan fingerprint density at radius 3 is 2.90 bits per heavy atom. The molecule has 0 spiro atoms. The molecule has 106 valence electrons. The Balaban J connectivity index is 2.12.